The molecule has 2 saturated carbocycles. The van der Waals surface area contributed by atoms with Crippen molar-refractivity contribution in [1.82, 2.24) is 5.32 Å². The standard InChI is InChI=1S/C14H17F2N/c1-17-14(10-6-8-5-9(8)7-10)13-11(15)3-2-4-12(13)16/h2-4,8-10,14,17H,5-7H2,1H3. The molecule has 0 aliphatic heterocycles. The number of hydrogen-bond acceptors (Lipinski definition) is 1. The smallest absolute Gasteiger partial charge is 0.130 e. The summed E-state index contributed by atoms with van der Waals surface area (Å²) in [7, 11) is 1.79. The van der Waals surface area contributed by atoms with Crippen LogP contribution in [0.3, 0.4) is 0 Å². The number of halogens is 2. The molecule has 1 aromatic carbocycles. The van der Waals surface area contributed by atoms with Gasteiger partial charge in [-0.15, -0.1) is 0 Å². The van der Waals surface area contributed by atoms with Crippen molar-refractivity contribution in [1.29, 1.82) is 0 Å². The van der Waals surface area contributed by atoms with Crippen molar-refractivity contribution in [3.05, 3.63) is 35.4 Å². The van der Waals surface area contributed by atoms with Gasteiger partial charge < -0.3 is 5.32 Å². The minimum atomic E-state index is -0.426. The van der Waals surface area contributed by atoms with E-state index in [4.69, 9.17) is 0 Å². The Balaban J connectivity index is 1.89. The molecule has 0 spiro atoms. The Morgan fingerprint density at radius 3 is 2.24 bits per heavy atom. The average Bonchev–Trinajstić information content (AvgIpc) is 2.91. The van der Waals surface area contributed by atoms with Crippen LogP contribution in [-0.2, 0) is 0 Å². The lowest BCUT2D eigenvalue weighted by atomic mass is 9.88. The van der Waals surface area contributed by atoms with E-state index in [9.17, 15) is 8.78 Å². The first-order chi connectivity index (χ1) is 8.20. The fourth-order valence-electron chi connectivity index (χ4n) is 3.46. The van der Waals surface area contributed by atoms with Crippen LogP contribution in [-0.4, -0.2) is 7.05 Å². The monoisotopic (exact) mass is 237 g/mol. The Morgan fingerprint density at radius 2 is 1.71 bits per heavy atom. The van der Waals surface area contributed by atoms with Crippen LogP contribution in [0.5, 0.6) is 0 Å². The molecule has 0 bridgehead atoms. The van der Waals surface area contributed by atoms with Crippen molar-refractivity contribution in [2.24, 2.45) is 17.8 Å². The van der Waals surface area contributed by atoms with Crippen LogP contribution in [0.25, 0.3) is 0 Å². The predicted octanol–water partition coefficient (Wildman–Crippen LogP) is 3.27. The third kappa shape index (κ3) is 1.86. The third-order valence-corrected chi connectivity index (χ3v) is 4.37. The molecular weight excluding hydrogens is 220 g/mol. The fraction of sp³-hybridized carbons (Fsp3) is 0.571. The van der Waals surface area contributed by atoms with Gasteiger partial charge in [-0.25, -0.2) is 8.78 Å². The lowest BCUT2D eigenvalue weighted by molar-refractivity contribution is 0.339. The molecule has 0 saturated heterocycles. The van der Waals surface area contributed by atoms with Crippen LogP contribution < -0.4 is 5.32 Å². The van der Waals surface area contributed by atoms with Crippen molar-refractivity contribution in [2.45, 2.75) is 25.3 Å². The largest absolute Gasteiger partial charge is 0.313 e. The highest BCUT2D eigenvalue weighted by molar-refractivity contribution is 5.25. The molecule has 1 N–H and O–H groups in total. The minimum absolute atomic E-state index is 0.177. The van der Waals surface area contributed by atoms with Gasteiger partial charge in [-0.05, 0) is 56.2 Å². The molecule has 0 aromatic heterocycles. The Kier molecular flexibility index (Phi) is 2.66. The second-order valence-electron chi connectivity index (χ2n) is 5.39. The molecule has 0 radical (unpaired) electrons. The summed E-state index contributed by atoms with van der Waals surface area (Å²) in [5.74, 6) is 1.18. The Bertz CT molecular complexity index is 402. The third-order valence-electron chi connectivity index (χ3n) is 4.37. The highest BCUT2D eigenvalue weighted by Gasteiger charge is 2.48. The van der Waals surface area contributed by atoms with Crippen LogP contribution in [0.2, 0.25) is 0 Å². The molecule has 1 nitrogen and oxygen atoms in total. The average molecular weight is 237 g/mol. The zero-order valence-electron chi connectivity index (χ0n) is 9.92. The first kappa shape index (κ1) is 11.1. The lowest BCUT2D eigenvalue weighted by Crippen LogP contribution is -2.26. The van der Waals surface area contributed by atoms with Crippen LogP contribution in [0, 0.1) is 29.4 Å². The van der Waals surface area contributed by atoms with Crippen LogP contribution >= 0.6 is 0 Å². The van der Waals surface area contributed by atoms with E-state index >= 15 is 0 Å². The van der Waals surface area contributed by atoms with Gasteiger partial charge in [0.15, 0.2) is 0 Å². The van der Waals surface area contributed by atoms with Gasteiger partial charge in [0.25, 0.3) is 0 Å². The van der Waals surface area contributed by atoms with Gasteiger partial charge >= 0.3 is 0 Å². The molecule has 3 rings (SSSR count). The maximum absolute atomic E-state index is 13.8. The molecular formula is C14H17F2N. The quantitative estimate of drug-likeness (QED) is 0.850. The molecule has 3 unspecified atom stereocenters. The molecule has 17 heavy (non-hydrogen) atoms. The molecule has 2 aliphatic rings. The van der Waals surface area contributed by atoms with Crippen molar-refractivity contribution < 1.29 is 8.78 Å². The van der Waals surface area contributed by atoms with Crippen LogP contribution in [0.1, 0.15) is 30.9 Å². The highest BCUT2D eigenvalue weighted by Crippen LogP contribution is 2.57. The van der Waals surface area contributed by atoms with Crippen molar-refractivity contribution in [2.75, 3.05) is 7.05 Å². The molecule has 92 valence electrons. The summed E-state index contributed by atoms with van der Waals surface area (Å²) < 4.78 is 27.5. The maximum Gasteiger partial charge on any atom is 0.130 e. The summed E-state index contributed by atoms with van der Waals surface area (Å²) in [6.45, 7) is 0. The number of fused-ring (bicyclic) bond motifs is 1. The SMILES string of the molecule is CNC(c1c(F)cccc1F)C1CC2CC2C1. The lowest BCUT2D eigenvalue weighted by Gasteiger charge is -2.25. The van der Waals surface area contributed by atoms with Crippen molar-refractivity contribution in [3.8, 4) is 0 Å². The maximum atomic E-state index is 13.8. The summed E-state index contributed by atoms with van der Waals surface area (Å²) in [6, 6.07) is 3.94. The van der Waals surface area contributed by atoms with Gasteiger partial charge in [0.1, 0.15) is 11.6 Å². The van der Waals surface area contributed by atoms with Crippen LogP contribution in [0.15, 0.2) is 18.2 Å². The second kappa shape index (κ2) is 4.05. The van der Waals surface area contributed by atoms with Gasteiger partial charge in [-0.2, -0.15) is 0 Å². The molecule has 0 heterocycles. The zero-order valence-corrected chi connectivity index (χ0v) is 9.92. The fourth-order valence-corrected chi connectivity index (χ4v) is 3.46. The topological polar surface area (TPSA) is 12.0 Å². The first-order valence-corrected chi connectivity index (χ1v) is 6.32. The van der Waals surface area contributed by atoms with E-state index in [-0.39, 0.29) is 11.6 Å². The highest BCUT2D eigenvalue weighted by atomic mass is 19.1. The second-order valence-corrected chi connectivity index (χ2v) is 5.39. The number of nitrogens with one attached hydrogen (secondary N) is 1. The summed E-state index contributed by atoms with van der Waals surface area (Å²) in [4.78, 5) is 0. The summed E-state index contributed by atoms with van der Waals surface area (Å²) in [6.07, 6.45) is 3.56. The number of rotatable bonds is 3. The van der Waals surface area contributed by atoms with E-state index in [1.54, 1.807) is 7.05 Å². The van der Waals surface area contributed by atoms with Gasteiger partial charge in [0, 0.05) is 11.6 Å². The molecule has 3 atom stereocenters. The molecule has 1 aromatic rings. The first-order valence-electron chi connectivity index (χ1n) is 6.32. The number of hydrogen-bond donors (Lipinski definition) is 1. The van der Waals surface area contributed by atoms with E-state index in [1.807, 2.05) is 0 Å². The number of benzene rings is 1. The van der Waals surface area contributed by atoms with Crippen LogP contribution in [0.4, 0.5) is 8.78 Å². The van der Waals surface area contributed by atoms with Gasteiger partial charge in [-0.3, -0.25) is 0 Å². The Morgan fingerprint density at radius 1 is 1.12 bits per heavy atom. The van der Waals surface area contributed by atoms with Crippen molar-refractivity contribution >= 4 is 0 Å². The van der Waals surface area contributed by atoms with Gasteiger partial charge in [-0.1, -0.05) is 6.07 Å². The van der Waals surface area contributed by atoms with E-state index in [1.165, 1.54) is 24.6 Å². The van der Waals surface area contributed by atoms with E-state index in [0.717, 1.165) is 24.7 Å². The predicted molar refractivity (Wildman–Crippen MR) is 62.5 cm³/mol. The Labute approximate surface area is 100 Å². The molecule has 2 fully saturated rings. The van der Waals surface area contributed by atoms with Crippen molar-refractivity contribution in [3.63, 3.8) is 0 Å². The zero-order chi connectivity index (χ0) is 12.0. The van der Waals surface area contributed by atoms with Gasteiger partial charge in [0.05, 0.1) is 0 Å². The Hall–Kier alpha value is -0.960. The summed E-state index contributed by atoms with van der Waals surface area (Å²) in [5, 5.41) is 3.10. The molecule has 0 amide bonds. The van der Waals surface area contributed by atoms with E-state index in [2.05, 4.69) is 5.32 Å². The van der Waals surface area contributed by atoms with Gasteiger partial charge in [0.2, 0.25) is 0 Å². The van der Waals surface area contributed by atoms with E-state index in [0.29, 0.717) is 5.92 Å². The molecule has 3 heteroatoms. The summed E-state index contributed by atoms with van der Waals surface area (Å²) in [5.41, 5.74) is 0.223. The summed E-state index contributed by atoms with van der Waals surface area (Å²) >= 11 is 0. The van der Waals surface area contributed by atoms with E-state index < -0.39 is 11.6 Å². The minimum Gasteiger partial charge on any atom is -0.313 e. The molecule has 2 aliphatic carbocycles. The normalized spacial score (nSPS) is 32.3.